The highest BCUT2D eigenvalue weighted by molar-refractivity contribution is 6.30. The summed E-state index contributed by atoms with van der Waals surface area (Å²) in [5, 5.41) is 10.4. The van der Waals surface area contributed by atoms with Gasteiger partial charge in [-0.3, -0.25) is 9.48 Å². The number of rotatable bonds is 5. The number of carbonyl (C=O) groups is 1. The molecule has 0 aliphatic rings. The molecule has 2 heterocycles. The molecule has 1 N–H and O–H groups in total. The van der Waals surface area contributed by atoms with E-state index in [1.54, 1.807) is 10.9 Å². The van der Waals surface area contributed by atoms with Gasteiger partial charge in [-0.15, -0.1) is 0 Å². The van der Waals surface area contributed by atoms with E-state index in [9.17, 15) is 13.6 Å². The van der Waals surface area contributed by atoms with Crippen LogP contribution in [-0.4, -0.2) is 32.0 Å². The summed E-state index contributed by atoms with van der Waals surface area (Å²) < 4.78 is 26.5. The molecule has 2 aromatic rings. The summed E-state index contributed by atoms with van der Waals surface area (Å²) in [6, 6.07) is 1.23. The number of halogens is 3. The molecule has 0 unspecified atom stereocenters. The van der Waals surface area contributed by atoms with Crippen LogP contribution in [0.25, 0.3) is 0 Å². The SMILES string of the molecule is O=C(NCCn1cc(Cl)cn1)c1ccn(C(F)F)n1. The predicted octanol–water partition coefficient (Wildman–Crippen LogP) is 1.56. The van der Waals surface area contributed by atoms with E-state index >= 15 is 0 Å². The molecule has 6 nitrogen and oxygen atoms in total. The molecule has 0 spiro atoms. The summed E-state index contributed by atoms with van der Waals surface area (Å²) in [6.45, 7) is -2.04. The van der Waals surface area contributed by atoms with Crippen molar-refractivity contribution in [2.24, 2.45) is 0 Å². The Morgan fingerprint density at radius 1 is 1.53 bits per heavy atom. The number of amides is 1. The Morgan fingerprint density at radius 2 is 2.32 bits per heavy atom. The summed E-state index contributed by atoms with van der Waals surface area (Å²) in [5.74, 6) is -0.516. The van der Waals surface area contributed by atoms with E-state index in [4.69, 9.17) is 11.6 Å². The van der Waals surface area contributed by atoms with Gasteiger partial charge in [-0.2, -0.15) is 19.0 Å². The first-order chi connectivity index (χ1) is 9.06. The second kappa shape index (κ2) is 5.79. The van der Waals surface area contributed by atoms with Crippen LogP contribution < -0.4 is 5.32 Å². The number of aromatic nitrogens is 4. The van der Waals surface area contributed by atoms with Crippen LogP contribution in [0.1, 0.15) is 17.0 Å². The Balaban J connectivity index is 1.83. The summed E-state index contributed by atoms with van der Waals surface area (Å²) in [4.78, 5) is 11.6. The Labute approximate surface area is 112 Å². The molecule has 0 saturated carbocycles. The van der Waals surface area contributed by atoms with Crippen molar-refractivity contribution in [2.75, 3.05) is 6.54 Å². The van der Waals surface area contributed by atoms with Crippen LogP contribution in [0.4, 0.5) is 8.78 Å². The van der Waals surface area contributed by atoms with Crippen LogP contribution in [0.3, 0.4) is 0 Å². The molecule has 2 rings (SSSR count). The first kappa shape index (κ1) is 13.5. The van der Waals surface area contributed by atoms with E-state index in [-0.39, 0.29) is 5.69 Å². The highest BCUT2D eigenvalue weighted by Gasteiger charge is 2.12. The molecule has 0 bridgehead atoms. The van der Waals surface area contributed by atoms with Crippen LogP contribution in [0.15, 0.2) is 24.7 Å². The van der Waals surface area contributed by atoms with Crippen LogP contribution in [0, 0.1) is 0 Å². The fourth-order valence-electron chi connectivity index (χ4n) is 1.40. The molecule has 0 atom stereocenters. The normalized spacial score (nSPS) is 10.9. The molecule has 0 aromatic carbocycles. The third-order valence-electron chi connectivity index (χ3n) is 2.27. The van der Waals surface area contributed by atoms with Crippen molar-refractivity contribution in [3.8, 4) is 0 Å². The maximum atomic E-state index is 12.3. The van der Waals surface area contributed by atoms with Crippen molar-refractivity contribution in [3.05, 3.63) is 35.4 Å². The fraction of sp³-hybridized carbons (Fsp3) is 0.300. The number of hydrogen-bond donors (Lipinski definition) is 1. The van der Waals surface area contributed by atoms with Crippen molar-refractivity contribution >= 4 is 17.5 Å². The van der Waals surface area contributed by atoms with Gasteiger partial charge in [-0.1, -0.05) is 11.6 Å². The number of alkyl halides is 2. The third kappa shape index (κ3) is 3.50. The lowest BCUT2D eigenvalue weighted by atomic mass is 10.4. The third-order valence-corrected chi connectivity index (χ3v) is 2.46. The Hall–Kier alpha value is -1.96. The molecule has 0 aliphatic heterocycles. The fourth-order valence-corrected chi connectivity index (χ4v) is 1.56. The summed E-state index contributed by atoms with van der Waals surface area (Å²) >= 11 is 5.68. The van der Waals surface area contributed by atoms with E-state index in [1.165, 1.54) is 12.3 Å². The molecule has 0 saturated heterocycles. The van der Waals surface area contributed by atoms with E-state index in [0.29, 0.717) is 22.8 Å². The number of carbonyl (C=O) groups excluding carboxylic acids is 1. The molecule has 19 heavy (non-hydrogen) atoms. The van der Waals surface area contributed by atoms with Gasteiger partial charge < -0.3 is 5.32 Å². The van der Waals surface area contributed by atoms with Crippen molar-refractivity contribution in [1.82, 2.24) is 24.9 Å². The molecule has 102 valence electrons. The van der Waals surface area contributed by atoms with Crippen molar-refractivity contribution < 1.29 is 13.6 Å². The zero-order valence-electron chi connectivity index (χ0n) is 9.63. The minimum atomic E-state index is -2.76. The van der Waals surface area contributed by atoms with E-state index < -0.39 is 12.5 Å². The lowest BCUT2D eigenvalue weighted by molar-refractivity contribution is 0.0560. The van der Waals surface area contributed by atoms with Crippen LogP contribution >= 0.6 is 11.6 Å². The van der Waals surface area contributed by atoms with Crippen molar-refractivity contribution in [1.29, 1.82) is 0 Å². The van der Waals surface area contributed by atoms with Crippen LogP contribution in [0.2, 0.25) is 5.02 Å². The monoisotopic (exact) mass is 289 g/mol. The van der Waals surface area contributed by atoms with Gasteiger partial charge in [0.05, 0.1) is 17.8 Å². The molecular formula is C10H10ClF2N5O. The minimum Gasteiger partial charge on any atom is -0.349 e. The number of nitrogens with one attached hydrogen (secondary N) is 1. The summed E-state index contributed by atoms with van der Waals surface area (Å²) in [5.41, 5.74) is -0.0567. The van der Waals surface area contributed by atoms with Gasteiger partial charge >= 0.3 is 6.55 Å². The smallest absolute Gasteiger partial charge is 0.333 e. The van der Waals surface area contributed by atoms with Gasteiger partial charge in [-0.25, -0.2) is 4.68 Å². The van der Waals surface area contributed by atoms with Crippen LogP contribution in [-0.2, 0) is 6.54 Å². The van der Waals surface area contributed by atoms with E-state index in [0.717, 1.165) is 6.20 Å². The summed E-state index contributed by atoms with van der Waals surface area (Å²) in [7, 11) is 0. The van der Waals surface area contributed by atoms with Gasteiger partial charge in [0.1, 0.15) is 5.69 Å². The minimum absolute atomic E-state index is 0.0567. The lowest BCUT2D eigenvalue weighted by Crippen LogP contribution is -2.27. The first-order valence-corrected chi connectivity index (χ1v) is 5.73. The number of hydrogen-bond acceptors (Lipinski definition) is 3. The van der Waals surface area contributed by atoms with Crippen molar-refractivity contribution in [3.63, 3.8) is 0 Å². The van der Waals surface area contributed by atoms with E-state index in [2.05, 4.69) is 15.5 Å². The quantitative estimate of drug-likeness (QED) is 0.908. The lowest BCUT2D eigenvalue weighted by Gasteiger charge is -2.03. The molecule has 2 aromatic heterocycles. The van der Waals surface area contributed by atoms with Gasteiger partial charge in [0.15, 0.2) is 0 Å². The zero-order chi connectivity index (χ0) is 13.8. The Kier molecular flexibility index (Phi) is 4.10. The highest BCUT2D eigenvalue weighted by atomic mass is 35.5. The first-order valence-electron chi connectivity index (χ1n) is 5.36. The molecule has 0 radical (unpaired) electrons. The second-order valence-electron chi connectivity index (χ2n) is 3.64. The topological polar surface area (TPSA) is 64.7 Å². The second-order valence-corrected chi connectivity index (χ2v) is 4.07. The Morgan fingerprint density at radius 3 is 2.89 bits per heavy atom. The molecular weight excluding hydrogens is 280 g/mol. The van der Waals surface area contributed by atoms with Gasteiger partial charge in [0.2, 0.25) is 0 Å². The predicted molar refractivity (Wildman–Crippen MR) is 63.1 cm³/mol. The molecule has 0 aliphatic carbocycles. The standard InChI is InChI=1S/C10H10ClF2N5O/c11-7-5-15-17(6-7)4-2-14-9(19)8-1-3-18(16-8)10(12)13/h1,3,5-6,10H,2,4H2,(H,14,19). The maximum absolute atomic E-state index is 12.3. The van der Waals surface area contributed by atoms with Gasteiger partial charge in [0.25, 0.3) is 5.91 Å². The maximum Gasteiger partial charge on any atom is 0.333 e. The average Bonchev–Trinajstić information content (AvgIpc) is 2.98. The van der Waals surface area contributed by atoms with Crippen molar-refractivity contribution in [2.45, 2.75) is 13.1 Å². The van der Waals surface area contributed by atoms with Gasteiger partial charge in [0, 0.05) is 18.9 Å². The summed E-state index contributed by atoms with van der Waals surface area (Å²) in [6.07, 6.45) is 4.14. The van der Waals surface area contributed by atoms with Gasteiger partial charge in [-0.05, 0) is 6.07 Å². The molecule has 1 amide bonds. The van der Waals surface area contributed by atoms with Crippen LogP contribution in [0.5, 0.6) is 0 Å². The molecule has 9 heteroatoms. The largest absolute Gasteiger partial charge is 0.349 e. The Bertz CT molecular complexity index is 568. The van der Waals surface area contributed by atoms with E-state index in [1.807, 2.05) is 0 Å². The zero-order valence-corrected chi connectivity index (χ0v) is 10.4. The average molecular weight is 290 g/mol. The highest BCUT2D eigenvalue weighted by Crippen LogP contribution is 2.08. The molecule has 0 fully saturated rings. The number of nitrogens with zero attached hydrogens (tertiary/aromatic N) is 4.